The molecule has 0 aliphatic carbocycles. The first-order chi connectivity index (χ1) is 15.1. The zero-order chi connectivity index (χ0) is 21.6. The predicted octanol–water partition coefficient (Wildman–Crippen LogP) is 3.25. The number of hydrogen-bond donors (Lipinski definition) is 0. The second-order valence-electron chi connectivity index (χ2n) is 6.94. The van der Waals surface area contributed by atoms with E-state index in [4.69, 9.17) is 18.7 Å². The summed E-state index contributed by atoms with van der Waals surface area (Å²) in [6.45, 7) is 1.29. The van der Waals surface area contributed by atoms with E-state index in [1.54, 1.807) is 24.1 Å². The van der Waals surface area contributed by atoms with Gasteiger partial charge in [-0.15, -0.1) is 0 Å². The lowest BCUT2D eigenvalue weighted by Gasteiger charge is -2.31. The Balaban J connectivity index is 1.34. The van der Waals surface area contributed by atoms with Crippen molar-refractivity contribution >= 4 is 5.91 Å². The smallest absolute Gasteiger partial charge is 0.257 e. The highest BCUT2D eigenvalue weighted by atomic mass is 19.1. The third-order valence-electron chi connectivity index (χ3n) is 4.85. The van der Waals surface area contributed by atoms with E-state index in [0.717, 1.165) is 5.56 Å². The molecule has 1 aliphatic heterocycles. The zero-order valence-corrected chi connectivity index (χ0v) is 17.0. The van der Waals surface area contributed by atoms with E-state index in [0.29, 0.717) is 42.9 Å². The van der Waals surface area contributed by atoms with Crippen LogP contribution in [0.15, 0.2) is 53.1 Å². The summed E-state index contributed by atoms with van der Waals surface area (Å²) in [6.07, 6.45) is -0.337. The number of carbonyl (C=O) groups excluding carboxylic acids is 1. The Morgan fingerprint density at radius 1 is 1.23 bits per heavy atom. The molecular formula is C22H22FN3O5. The molecule has 1 saturated heterocycles. The number of methoxy groups -OCH3 is 1. The molecule has 4 rings (SSSR count). The van der Waals surface area contributed by atoms with Crippen molar-refractivity contribution in [2.75, 3.05) is 33.4 Å². The lowest BCUT2D eigenvalue weighted by atomic mass is 10.2. The third kappa shape index (κ3) is 5.18. The molecule has 0 saturated carbocycles. The van der Waals surface area contributed by atoms with Gasteiger partial charge in [0.2, 0.25) is 11.7 Å². The summed E-state index contributed by atoms with van der Waals surface area (Å²) in [5.74, 6) is 1.35. The van der Waals surface area contributed by atoms with E-state index < -0.39 is 6.10 Å². The molecule has 0 spiro atoms. The van der Waals surface area contributed by atoms with E-state index in [-0.39, 0.29) is 24.8 Å². The summed E-state index contributed by atoms with van der Waals surface area (Å²) in [4.78, 5) is 18.7. The molecule has 3 aromatic rings. The monoisotopic (exact) mass is 427 g/mol. The molecule has 8 nitrogen and oxygen atoms in total. The van der Waals surface area contributed by atoms with E-state index in [2.05, 4.69) is 10.1 Å². The summed E-state index contributed by atoms with van der Waals surface area (Å²) >= 11 is 0. The van der Waals surface area contributed by atoms with Gasteiger partial charge < -0.3 is 23.6 Å². The molecule has 1 aromatic heterocycles. The van der Waals surface area contributed by atoms with Crippen molar-refractivity contribution in [2.45, 2.75) is 12.5 Å². The standard InChI is InChI=1S/C22H22FN3O5/c1-28-17-6-2-4-15(12-17)21-24-22(31-25-21)19-14-26(9-11-30-19)20(27)8-10-29-18-7-3-5-16(23)13-18/h2-7,12-13,19H,8-11,14H2,1H3/t19-/m0/s1. The number of amides is 1. The first-order valence-electron chi connectivity index (χ1n) is 9.88. The molecule has 0 radical (unpaired) electrons. The minimum atomic E-state index is -0.506. The van der Waals surface area contributed by atoms with Crippen molar-refractivity contribution in [1.29, 1.82) is 0 Å². The molecule has 31 heavy (non-hydrogen) atoms. The third-order valence-corrected chi connectivity index (χ3v) is 4.85. The lowest BCUT2D eigenvalue weighted by Crippen LogP contribution is -2.42. The largest absolute Gasteiger partial charge is 0.497 e. The number of halogens is 1. The van der Waals surface area contributed by atoms with Crippen LogP contribution < -0.4 is 9.47 Å². The molecular weight excluding hydrogens is 405 g/mol. The Kier molecular flexibility index (Phi) is 6.42. The van der Waals surface area contributed by atoms with Crippen LogP contribution in [0.3, 0.4) is 0 Å². The van der Waals surface area contributed by atoms with Gasteiger partial charge >= 0.3 is 0 Å². The van der Waals surface area contributed by atoms with Crippen molar-refractivity contribution < 1.29 is 27.9 Å². The van der Waals surface area contributed by atoms with Gasteiger partial charge in [-0.05, 0) is 24.3 Å². The van der Waals surface area contributed by atoms with Gasteiger partial charge in [0, 0.05) is 18.2 Å². The second-order valence-corrected chi connectivity index (χ2v) is 6.94. The van der Waals surface area contributed by atoms with Crippen molar-refractivity contribution in [2.24, 2.45) is 0 Å². The first-order valence-corrected chi connectivity index (χ1v) is 9.88. The van der Waals surface area contributed by atoms with E-state index in [1.165, 1.54) is 12.1 Å². The van der Waals surface area contributed by atoms with Crippen molar-refractivity contribution in [3.05, 3.63) is 60.2 Å². The summed E-state index contributed by atoms with van der Waals surface area (Å²) in [7, 11) is 1.59. The fraction of sp³-hybridized carbons (Fsp3) is 0.318. The van der Waals surface area contributed by atoms with Gasteiger partial charge in [0.1, 0.15) is 17.3 Å². The Hall–Kier alpha value is -3.46. The van der Waals surface area contributed by atoms with Crippen LogP contribution in [0.4, 0.5) is 4.39 Å². The Morgan fingerprint density at radius 3 is 2.90 bits per heavy atom. The molecule has 1 aliphatic rings. The van der Waals surface area contributed by atoms with Gasteiger partial charge in [0.15, 0.2) is 6.10 Å². The van der Waals surface area contributed by atoms with Crippen molar-refractivity contribution in [3.8, 4) is 22.9 Å². The highest BCUT2D eigenvalue weighted by Gasteiger charge is 2.29. The average molecular weight is 427 g/mol. The van der Waals surface area contributed by atoms with Crippen LogP contribution in [0.5, 0.6) is 11.5 Å². The van der Waals surface area contributed by atoms with Crippen LogP contribution in [0.25, 0.3) is 11.4 Å². The van der Waals surface area contributed by atoms with Gasteiger partial charge in [-0.1, -0.05) is 23.4 Å². The maximum absolute atomic E-state index is 13.2. The minimum absolute atomic E-state index is 0.0859. The van der Waals surface area contributed by atoms with Crippen LogP contribution in [0.1, 0.15) is 18.4 Å². The number of rotatable bonds is 7. The van der Waals surface area contributed by atoms with Crippen LogP contribution in [-0.4, -0.2) is 54.4 Å². The SMILES string of the molecule is COc1cccc(-c2noc([C@@H]3CN(C(=O)CCOc4cccc(F)c4)CCO3)n2)c1. The molecule has 1 amide bonds. The quantitative estimate of drug-likeness (QED) is 0.572. The molecule has 0 bridgehead atoms. The molecule has 1 atom stereocenters. The van der Waals surface area contributed by atoms with Gasteiger partial charge in [0.25, 0.3) is 5.89 Å². The van der Waals surface area contributed by atoms with Gasteiger partial charge in [-0.3, -0.25) is 4.79 Å². The number of hydrogen-bond acceptors (Lipinski definition) is 7. The Bertz CT molecular complexity index is 1040. The highest BCUT2D eigenvalue weighted by molar-refractivity contribution is 5.76. The molecule has 1 fully saturated rings. The van der Waals surface area contributed by atoms with E-state index in [1.807, 2.05) is 24.3 Å². The normalized spacial score (nSPS) is 16.2. The summed E-state index contributed by atoms with van der Waals surface area (Å²) < 4.78 is 35.0. The number of carbonyl (C=O) groups is 1. The molecule has 162 valence electrons. The fourth-order valence-electron chi connectivity index (χ4n) is 3.24. The Labute approximate surface area is 178 Å². The first kappa shape index (κ1) is 20.8. The molecule has 2 heterocycles. The van der Waals surface area contributed by atoms with Crippen molar-refractivity contribution in [3.63, 3.8) is 0 Å². The molecule has 9 heteroatoms. The zero-order valence-electron chi connectivity index (χ0n) is 17.0. The molecule has 0 N–H and O–H groups in total. The van der Waals surface area contributed by atoms with Crippen molar-refractivity contribution in [1.82, 2.24) is 15.0 Å². The van der Waals surface area contributed by atoms with Gasteiger partial charge in [-0.25, -0.2) is 4.39 Å². The number of morpholine rings is 1. The number of nitrogens with zero attached hydrogens (tertiary/aromatic N) is 3. The Morgan fingerprint density at radius 2 is 2.06 bits per heavy atom. The maximum Gasteiger partial charge on any atom is 0.257 e. The van der Waals surface area contributed by atoms with Gasteiger partial charge in [0.05, 0.1) is 33.3 Å². The molecule has 2 aromatic carbocycles. The van der Waals surface area contributed by atoms with Crippen LogP contribution in [-0.2, 0) is 9.53 Å². The topological polar surface area (TPSA) is 86.9 Å². The highest BCUT2D eigenvalue weighted by Crippen LogP contribution is 2.26. The number of aromatic nitrogens is 2. The fourth-order valence-corrected chi connectivity index (χ4v) is 3.24. The van der Waals surface area contributed by atoms with E-state index in [9.17, 15) is 9.18 Å². The van der Waals surface area contributed by atoms with Crippen LogP contribution in [0, 0.1) is 5.82 Å². The summed E-state index contributed by atoms with van der Waals surface area (Å²) in [6, 6.07) is 13.2. The summed E-state index contributed by atoms with van der Waals surface area (Å²) in [5.41, 5.74) is 0.757. The maximum atomic E-state index is 13.2. The lowest BCUT2D eigenvalue weighted by molar-refractivity contribution is -0.140. The minimum Gasteiger partial charge on any atom is -0.497 e. The summed E-state index contributed by atoms with van der Waals surface area (Å²) in [5, 5.41) is 4.02. The second kappa shape index (κ2) is 9.57. The number of ether oxygens (including phenoxy) is 3. The van der Waals surface area contributed by atoms with Crippen LogP contribution >= 0.6 is 0 Å². The van der Waals surface area contributed by atoms with Gasteiger partial charge in [-0.2, -0.15) is 4.98 Å². The van der Waals surface area contributed by atoms with Crippen LogP contribution in [0.2, 0.25) is 0 Å². The molecule has 0 unspecified atom stereocenters. The number of benzene rings is 2. The average Bonchev–Trinajstić information content (AvgIpc) is 3.30. The van der Waals surface area contributed by atoms with E-state index >= 15 is 0 Å². The predicted molar refractivity (Wildman–Crippen MR) is 108 cm³/mol.